The molecule has 1 atom stereocenters. The number of rotatable bonds is 10. The molecule has 0 bridgehead atoms. The second-order valence-electron chi connectivity index (χ2n) is 15.3. The predicted octanol–water partition coefficient (Wildman–Crippen LogP) is 7.29. The summed E-state index contributed by atoms with van der Waals surface area (Å²) in [7, 11) is 0. The van der Waals surface area contributed by atoms with E-state index in [0.29, 0.717) is 6.54 Å². The number of carbonyl (C=O) groups is 1. The SMILES string of the molecule is CCC(=C(c1ccc(O)cc1)c1ccc(N2CCC(CCN3CCN(c4ccc5c(n4)CN(C4CCCNC4)C5=O)CC3)CC2)cc1)c1ccccc1. The number of hydrogen-bond donors (Lipinski definition) is 2. The van der Waals surface area contributed by atoms with Crippen molar-refractivity contribution in [3.63, 3.8) is 0 Å². The van der Waals surface area contributed by atoms with E-state index in [9.17, 15) is 9.90 Å². The van der Waals surface area contributed by atoms with Crippen LogP contribution in [0.15, 0.2) is 91.0 Å². The lowest BCUT2D eigenvalue weighted by Gasteiger charge is -2.37. The number of phenols is 1. The zero-order chi connectivity index (χ0) is 36.1. The van der Waals surface area contributed by atoms with Crippen LogP contribution in [0, 0.1) is 5.92 Å². The molecule has 5 heterocycles. The number of piperidine rings is 2. The third-order valence-corrected chi connectivity index (χ3v) is 12.1. The number of amides is 1. The number of aromatic nitrogens is 1. The number of hydrogen-bond acceptors (Lipinski definition) is 7. The molecule has 8 heteroatoms. The van der Waals surface area contributed by atoms with Crippen LogP contribution in [0.2, 0.25) is 0 Å². The van der Waals surface area contributed by atoms with E-state index in [1.807, 2.05) is 23.1 Å². The number of fused-ring (bicyclic) bond motifs is 1. The third-order valence-electron chi connectivity index (χ3n) is 12.1. The fourth-order valence-electron chi connectivity index (χ4n) is 8.96. The molecule has 8 nitrogen and oxygen atoms in total. The zero-order valence-electron chi connectivity index (χ0n) is 31.2. The van der Waals surface area contributed by atoms with Gasteiger partial charge >= 0.3 is 0 Å². The van der Waals surface area contributed by atoms with Crippen LogP contribution < -0.4 is 15.1 Å². The highest BCUT2D eigenvalue weighted by Gasteiger charge is 2.35. The highest BCUT2D eigenvalue weighted by molar-refractivity contribution is 5.99. The minimum atomic E-state index is 0.152. The molecule has 4 aliphatic heterocycles. The summed E-state index contributed by atoms with van der Waals surface area (Å²) in [6.07, 6.45) is 6.85. The number of piperazine rings is 1. The third kappa shape index (κ3) is 7.85. The van der Waals surface area contributed by atoms with Gasteiger partial charge in [-0.2, -0.15) is 0 Å². The first kappa shape index (κ1) is 35.4. The average Bonchev–Trinajstić information content (AvgIpc) is 3.56. The Kier molecular flexibility index (Phi) is 10.8. The van der Waals surface area contributed by atoms with Crippen molar-refractivity contribution in [2.45, 2.75) is 58.0 Å². The van der Waals surface area contributed by atoms with Gasteiger partial charge in [0.05, 0.1) is 17.8 Å². The molecule has 3 fully saturated rings. The topological polar surface area (TPSA) is 75.2 Å². The van der Waals surface area contributed by atoms with Crippen LogP contribution in [0.1, 0.15) is 78.2 Å². The van der Waals surface area contributed by atoms with Crippen LogP contribution in [0.5, 0.6) is 5.75 Å². The fraction of sp³-hybridized carbons (Fsp3) is 0.422. The number of pyridine rings is 1. The molecule has 0 aliphatic carbocycles. The number of phenolic OH excluding ortho intramolecular Hbond substituents is 1. The van der Waals surface area contributed by atoms with Crippen LogP contribution >= 0.6 is 0 Å². The highest BCUT2D eigenvalue weighted by atomic mass is 16.3. The largest absolute Gasteiger partial charge is 0.508 e. The smallest absolute Gasteiger partial charge is 0.256 e. The van der Waals surface area contributed by atoms with Gasteiger partial charge in [-0.05, 0) is 122 Å². The molecule has 1 aromatic heterocycles. The normalized spacial score (nSPS) is 20.4. The predicted molar refractivity (Wildman–Crippen MR) is 215 cm³/mol. The molecule has 4 aliphatic rings. The van der Waals surface area contributed by atoms with E-state index < -0.39 is 0 Å². The second kappa shape index (κ2) is 16.1. The molecule has 0 radical (unpaired) electrons. The quantitative estimate of drug-likeness (QED) is 0.168. The van der Waals surface area contributed by atoms with E-state index >= 15 is 0 Å². The number of anilines is 2. The van der Waals surface area contributed by atoms with E-state index in [4.69, 9.17) is 4.98 Å². The Morgan fingerprint density at radius 1 is 0.792 bits per heavy atom. The molecule has 1 amide bonds. The Hall–Kier alpha value is -4.66. The van der Waals surface area contributed by atoms with Crippen molar-refractivity contribution < 1.29 is 9.90 Å². The summed E-state index contributed by atoms with van der Waals surface area (Å²) < 4.78 is 0. The van der Waals surface area contributed by atoms with Crippen molar-refractivity contribution in [3.8, 4) is 5.75 Å². The van der Waals surface area contributed by atoms with Gasteiger partial charge in [-0.25, -0.2) is 4.98 Å². The minimum absolute atomic E-state index is 0.152. The summed E-state index contributed by atoms with van der Waals surface area (Å²) in [4.78, 5) is 27.8. The number of nitrogens with zero attached hydrogens (tertiary/aromatic N) is 5. The lowest BCUT2D eigenvalue weighted by Crippen LogP contribution is -2.47. The van der Waals surface area contributed by atoms with Crippen molar-refractivity contribution >= 4 is 28.6 Å². The fourth-order valence-corrected chi connectivity index (χ4v) is 8.96. The summed E-state index contributed by atoms with van der Waals surface area (Å²) >= 11 is 0. The van der Waals surface area contributed by atoms with Gasteiger partial charge in [-0.3, -0.25) is 9.69 Å². The maximum absolute atomic E-state index is 13.1. The van der Waals surface area contributed by atoms with E-state index in [-0.39, 0.29) is 17.7 Å². The molecule has 4 aromatic rings. The van der Waals surface area contributed by atoms with Crippen LogP contribution in [-0.2, 0) is 6.54 Å². The average molecular weight is 711 g/mol. The molecule has 1 unspecified atom stereocenters. The Morgan fingerprint density at radius 2 is 1.51 bits per heavy atom. The number of nitrogens with one attached hydrogen (secondary N) is 1. The van der Waals surface area contributed by atoms with Crippen molar-refractivity contribution in [1.82, 2.24) is 20.1 Å². The molecule has 2 N–H and O–H groups in total. The number of benzene rings is 3. The number of aromatic hydroxyl groups is 1. The number of allylic oxidation sites excluding steroid dienone is 1. The lowest BCUT2D eigenvalue weighted by molar-refractivity contribution is 0.0674. The van der Waals surface area contributed by atoms with Crippen molar-refractivity contribution in [2.24, 2.45) is 5.92 Å². The summed E-state index contributed by atoms with van der Waals surface area (Å²) in [5.74, 6) is 2.23. The molecular formula is C45H54N6O2. The Bertz CT molecular complexity index is 1870. The molecule has 3 aromatic carbocycles. The lowest BCUT2D eigenvalue weighted by atomic mass is 9.88. The van der Waals surface area contributed by atoms with Gasteiger partial charge in [0.1, 0.15) is 11.6 Å². The Balaban J connectivity index is 0.826. The summed E-state index contributed by atoms with van der Waals surface area (Å²) in [5, 5.41) is 13.4. The van der Waals surface area contributed by atoms with E-state index in [1.165, 1.54) is 47.2 Å². The van der Waals surface area contributed by atoms with Gasteiger partial charge in [-0.1, -0.05) is 61.5 Å². The first-order valence-corrected chi connectivity index (χ1v) is 20.0. The molecular weight excluding hydrogens is 657 g/mol. The van der Waals surface area contributed by atoms with E-state index in [2.05, 4.69) is 87.6 Å². The maximum atomic E-state index is 13.1. The first-order valence-electron chi connectivity index (χ1n) is 20.0. The molecule has 8 rings (SSSR count). The van der Waals surface area contributed by atoms with Gasteiger partial charge in [0.25, 0.3) is 5.91 Å². The minimum Gasteiger partial charge on any atom is -0.508 e. The Morgan fingerprint density at radius 3 is 2.19 bits per heavy atom. The summed E-state index contributed by atoms with van der Waals surface area (Å²) in [5.41, 5.74) is 9.14. The van der Waals surface area contributed by atoms with Gasteiger partial charge in [0.2, 0.25) is 0 Å². The Labute approximate surface area is 315 Å². The molecule has 276 valence electrons. The van der Waals surface area contributed by atoms with Crippen molar-refractivity contribution in [3.05, 3.63) is 119 Å². The van der Waals surface area contributed by atoms with Crippen LogP contribution in [0.25, 0.3) is 11.1 Å². The summed E-state index contributed by atoms with van der Waals surface area (Å²) in [6.45, 7) is 12.3. The van der Waals surface area contributed by atoms with E-state index in [1.54, 1.807) is 12.1 Å². The molecule has 0 saturated carbocycles. The first-order chi connectivity index (χ1) is 26.0. The van der Waals surface area contributed by atoms with E-state index in [0.717, 1.165) is 107 Å². The molecule has 0 spiro atoms. The highest BCUT2D eigenvalue weighted by Crippen LogP contribution is 2.36. The van der Waals surface area contributed by atoms with Gasteiger partial charge in [0.15, 0.2) is 0 Å². The maximum Gasteiger partial charge on any atom is 0.256 e. The molecule has 53 heavy (non-hydrogen) atoms. The standard InChI is InChI=1S/C45H54N6O2/c1-2-40(34-7-4-3-5-8-34)44(36-12-16-39(52)17-13-36)35-10-14-37(15-11-35)49-25-21-33(22-26-49)20-24-48-27-29-50(30-28-48)43-19-18-41-42(47-43)32-51(45(41)53)38-9-6-23-46-31-38/h3-5,7-8,10-19,33,38,46,52H,2,6,9,20-32H2,1H3. The van der Waals surface area contributed by atoms with Crippen LogP contribution in [-0.4, -0.2) is 90.7 Å². The van der Waals surface area contributed by atoms with Crippen molar-refractivity contribution in [2.75, 3.05) is 68.7 Å². The van der Waals surface area contributed by atoms with Gasteiger partial charge < -0.3 is 25.1 Å². The van der Waals surface area contributed by atoms with Crippen LogP contribution in [0.3, 0.4) is 0 Å². The van der Waals surface area contributed by atoms with Crippen LogP contribution in [0.4, 0.5) is 11.5 Å². The molecule has 3 saturated heterocycles. The number of carbonyl (C=O) groups excluding carboxylic acids is 1. The zero-order valence-corrected chi connectivity index (χ0v) is 31.2. The monoisotopic (exact) mass is 710 g/mol. The summed E-state index contributed by atoms with van der Waals surface area (Å²) in [6, 6.07) is 31.8. The van der Waals surface area contributed by atoms with Crippen molar-refractivity contribution in [1.29, 1.82) is 0 Å². The van der Waals surface area contributed by atoms with Gasteiger partial charge in [0, 0.05) is 57.5 Å². The van der Waals surface area contributed by atoms with Gasteiger partial charge in [-0.15, -0.1) is 0 Å². The second-order valence-corrected chi connectivity index (χ2v) is 15.3.